The van der Waals surface area contributed by atoms with Gasteiger partial charge in [0.1, 0.15) is 0 Å². The van der Waals surface area contributed by atoms with Crippen LogP contribution in [-0.2, 0) is 9.31 Å². The summed E-state index contributed by atoms with van der Waals surface area (Å²) in [6.45, 7) is 8.54. The van der Waals surface area contributed by atoms with Gasteiger partial charge in [0.05, 0.1) is 11.2 Å². The highest BCUT2D eigenvalue weighted by Gasteiger charge is 2.53. The average Bonchev–Trinajstić information content (AvgIpc) is 2.38. The van der Waals surface area contributed by atoms with E-state index in [2.05, 4.69) is 27.7 Å². The predicted molar refractivity (Wildman–Crippen MR) is 62.9 cm³/mol. The molecule has 0 unspecified atom stereocenters. The van der Waals surface area contributed by atoms with Crippen molar-refractivity contribution in [3.63, 3.8) is 0 Å². The molecule has 1 saturated carbocycles. The Morgan fingerprint density at radius 2 is 1.33 bits per heavy atom. The molecule has 0 aromatic rings. The second kappa shape index (κ2) is 3.78. The van der Waals surface area contributed by atoms with Crippen molar-refractivity contribution in [2.24, 2.45) is 0 Å². The zero-order valence-corrected chi connectivity index (χ0v) is 10.5. The van der Waals surface area contributed by atoms with Crippen LogP contribution < -0.4 is 0 Å². The van der Waals surface area contributed by atoms with Crippen molar-refractivity contribution < 1.29 is 9.31 Å². The fourth-order valence-corrected chi connectivity index (χ4v) is 2.49. The second-order valence-electron chi connectivity index (χ2n) is 6.02. The van der Waals surface area contributed by atoms with Gasteiger partial charge in [0.2, 0.25) is 0 Å². The molecule has 0 atom stereocenters. The summed E-state index contributed by atoms with van der Waals surface area (Å²) in [5.41, 5.74) is -0.315. The van der Waals surface area contributed by atoms with Crippen LogP contribution >= 0.6 is 0 Å². The van der Waals surface area contributed by atoms with E-state index in [0.29, 0.717) is 5.82 Å². The van der Waals surface area contributed by atoms with E-state index >= 15 is 0 Å². The molecule has 86 valence electrons. The van der Waals surface area contributed by atoms with Crippen LogP contribution in [0.25, 0.3) is 0 Å². The maximum atomic E-state index is 6.08. The predicted octanol–water partition coefficient (Wildman–Crippen LogP) is 3.41. The van der Waals surface area contributed by atoms with Crippen LogP contribution in [0.15, 0.2) is 0 Å². The molecule has 1 aliphatic heterocycles. The van der Waals surface area contributed by atoms with Crippen molar-refractivity contribution in [3.05, 3.63) is 0 Å². The van der Waals surface area contributed by atoms with Gasteiger partial charge in [-0.1, -0.05) is 32.1 Å². The molecule has 3 heteroatoms. The summed E-state index contributed by atoms with van der Waals surface area (Å²) < 4.78 is 12.2. The van der Waals surface area contributed by atoms with Gasteiger partial charge in [-0.3, -0.25) is 0 Å². The minimum atomic E-state index is -0.158. The molecular weight excluding hydrogens is 187 g/mol. The highest BCUT2D eigenvalue weighted by Crippen LogP contribution is 2.43. The third-order valence-electron chi connectivity index (χ3n) is 4.31. The Morgan fingerprint density at radius 3 is 1.80 bits per heavy atom. The van der Waals surface area contributed by atoms with E-state index in [1.807, 2.05) is 0 Å². The van der Waals surface area contributed by atoms with Crippen LogP contribution in [0.5, 0.6) is 0 Å². The van der Waals surface area contributed by atoms with Crippen LogP contribution in [0.2, 0.25) is 5.82 Å². The van der Waals surface area contributed by atoms with Crippen LogP contribution in [0.4, 0.5) is 0 Å². The fourth-order valence-electron chi connectivity index (χ4n) is 2.49. The molecule has 0 bridgehead atoms. The molecule has 0 spiro atoms. The largest absolute Gasteiger partial charge is 0.461 e. The van der Waals surface area contributed by atoms with Gasteiger partial charge in [-0.2, -0.15) is 0 Å². The van der Waals surface area contributed by atoms with Gasteiger partial charge in [0.15, 0.2) is 0 Å². The maximum Gasteiger partial charge on any atom is 0.461 e. The molecule has 2 fully saturated rings. The Kier molecular flexibility index (Phi) is 2.89. The molecule has 1 heterocycles. The lowest BCUT2D eigenvalue weighted by Gasteiger charge is -2.32. The monoisotopic (exact) mass is 210 g/mol. The first-order valence-corrected chi connectivity index (χ1v) is 6.28. The minimum absolute atomic E-state index is 0.0373. The molecule has 0 N–H and O–H groups in total. The summed E-state index contributed by atoms with van der Waals surface area (Å²) in [6, 6.07) is 0. The Hall–Kier alpha value is -0.0151. The van der Waals surface area contributed by atoms with Gasteiger partial charge in [0.25, 0.3) is 0 Å². The highest BCUT2D eigenvalue weighted by atomic mass is 16.7. The molecule has 2 rings (SSSR count). The summed E-state index contributed by atoms with van der Waals surface area (Å²) in [5.74, 6) is 0.625. The third kappa shape index (κ3) is 2.09. The molecule has 15 heavy (non-hydrogen) atoms. The zero-order chi connectivity index (χ0) is 11.1. The first-order valence-electron chi connectivity index (χ1n) is 6.28. The highest BCUT2D eigenvalue weighted by molar-refractivity contribution is 6.47. The lowest BCUT2D eigenvalue weighted by Crippen LogP contribution is -2.41. The van der Waals surface area contributed by atoms with E-state index < -0.39 is 0 Å². The third-order valence-corrected chi connectivity index (χ3v) is 4.31. The molecule has 0 aromatic carbocycles. The summed E-state index contributed by atoms with van der Waals surface area (Å²) >= 11 is 0. The van der Waals surface area contributed by atoms with Gasteiger partial charge in [-0.15, -0.1) is 0 Å². The molecular formula is C12H23BO2. The lowest BCUT2D eigenvalue weighted by molar-refractivity contribution is 0.00578. The van der Waals surface area contributed by atoms with Gasteiger partial charge in [-0.05, 0) is 33.5 Å². The molecule has 0 amide bonds. The Bertz CT molecular complexity index is 216. The van der Waals surface area contributed by atoms with E-state index in [1.54, 1.807) is 0 Å². The average molecular weight is 210 g/mol. The van der Waals surface area contributed by atoms with Crippen molar-refractivity contribution in [2.45, 2.75) is 76.8 Å². The van der Waals surface area contributed by atoms with E-state index in [0.717, 1.165) is 0 Å². The lowest BCUT2D eigenvalue weighted by atomic mass is 9.64. The Balaban J connectivity index is 2.02. The van der Waals surface area contributed by atoms with E-state index in [1.165, 1.54) is 32.1 Å². The standard InChI is InChI=1S/C12H23BO2/c1-11(2)12(3,4)15-13(14-11)10-8-6-5-7-9-10/h10H,5-9H2,1-4H3. The van der Waals surface area contributed by atoms with Crippen molar-refractivity contribution in [2.75, 3.05) is 0 Å². The van der Waals surface area contributed by atoms with Crippen molar-refractivity contribution in [1.29, 1.82) is 0 Å². The summed E-state index contributed by atoms with van der Waals surface area (Å²) in [4.78, 5) is 0. The van der Waals surface area contributed by atoms with E-state index in [9.17, 15) is 0 Å². The normalized spacial score (nSPS) is 30.8. The molecule has 1 aliphatic carbocycles. The summed E-state index contributed by atoms with van der Waals surface area (Å²) in [5, 5.41) is 0. The maximum absolute atomic E-state index is 6.08. The second-order valence-corrected chi connectivity index (χ2v) is 6.02. The van der Waals surface area contributed by atoms with Gasteiger partial charge in [0, 0.05) is 0 Å². The molecule has 0 radical (unpaired) electrons. The topological polar surface area (TPSA) is 18.5 Å². The van der Waals surface area contributed by atoms with Crippen LogP contribution in [0.1, 0.15) is 59.8 Å². The smallest absolute Gasteiger partial charge is 0.403 e. The molecule has 2 aliphatic rings. The fraction of sp³-hybridized carbons (Fsp3) is 1.00. The van der Waals surface area contributed by atoms with Gasteiger partial charge in [-0.25, -0.2) is 0 Å². The van der Waals surface area contributed by atoms with Gasteiger partial charge < -0.3 is 9.31 Å². The zero-order valence-electron chi connectivity index (χ0n) is 10.5. The van der Waals surface area contributed by atoms with Crippen LogP contribution in [0.3, 0.4) is 0 Å². The number of hydrogen-bond acceptors (Lipinski definition) is 2. The number of hydrogen-bond donors (Lipinski definition) is 0. The first kappa shape index (κ1) is 11.5. The van der Waals surface area contributed by atoms with Crippen molar-refractivity contribution >= 4 is 7.12 Å². The minimum Gasteiger partial charge on any atom is -0.403 e. The van der Waals surface area contributed by atoms with Crippen molar-refractivity contribution in [1.82, 2.24) is 0 Å². The quantitative estimate of drug-likeness (QED) is 0.617. The number of rotatable bonds is 1. The van der Waals surface area contributed by atoms with Crippen LogP contribution in [-0.4, -0.2) is 18.3 Å². The van der Waals surface area contributed by atoms with E-state index in [4.69, 9.17) is 9.31 Å². The summed E-state index contributed by atoms with van der Waals surface area (Å²) in [6.07, 6.45) is 6.62. The Morgan fingerprint density at radius 1 is 0.867 bits per heavy atom. The molecule has 0 aromatic heterocycles. The first-order chi connectivity index (χ1) is 6.92. The van der Waals surface area contributed by atoms with Gasteiger partial charge >= 0.3 is 7.12 Å². The molecule has 2 nitrogen and oxygen atoms in total. The SMILES string of the molecule is CC1(C)OB(C2CCCCC2)OC1(C)C. The summed E-state index contributed by atoms with van der Waals surface area (Å²) in [7, 11) is 0.0373. The van der Waals surface area contributed by atoms with Crippen molar-refractivity contribution in [3.8, 4) is 0 Å². The van der Waals surface area contributed by atoms with Crippen LogP contribution in [0, 0.1) is 0 Å². The Labute approximate surface area is 93.9 Å². The van der Waals surface area contributed by atoms with E-state index in [-0.39, 0.29) is 18.3 Å². The molecule has 1 saturated heterocycles.